The smallest absolute Gasteiger partial charge is 0.313 e. The van der Waals surface area contributed by atoms with Crippen molar-refractivity contribution in [2.75, 3.05) is 36.4 Å². The van der Waals surface area contributed by atoms with Gasteiger partial charge in [0.2, 0.25) is 0 Å². The third-order valence-corrected chi connectivity index (χ3v) is 4.52. The van der Waals surface area contributed by atoms with Crippen molar-refractivity contribution in [3.05, 3.63) is 58.6 Å². The molecule has 1 saturated heterocycles. The monoisotopic (exact) mass is 377 g/mol. The molecule has 0 aromatic heterocycles. The second-order valence-electron chi connectivity index (χ2n) is 5.72. The number of hydrogen-bond acceptors (Lipinski definition) is 3. The van der Waals surface area contributed by atoms with Gasteiger partial charge in [-0.3, -0.25) is 9.59 Å². The lowest BCUT2D eigenvalue weighted by Gasteiger charge is -2.35. The maximum Gasteiger partial charge on any atom is 0.313 e. The molecule has 0 unspecified atom stereocenters. The van der Waals surface area contributed by atoms with Crippen molar-refractivity contribution in [1.82, 2.24) is 4.90 Å². The molecule has 25 heavy (non-hydrogen) atoms. The number of rotatable bonds is 2. The Morgan fingerprint density at radius 2 is 1.56 bits per heavy atom. The van der Waals surface area contributed by atoms with Crippen molar-refractivity contribution < 1.29 is 9.59 Å². The molecule has 7 heteroatoms. The van der Waals surface area contributed by atoms with E-state index in [0.29, 0.717) is 41.9 Å². The number of hydrogen-bond donors (Lipinski definition) is 1. The van der Waals surface area contributed by atoms with E-state index in [4.69, 9.17) is 23.2 Å². The van der Waals surface area contributed by atoms with Crippen LogP contribution < -0.4 is 10.2 Å². The minimum atomic E-state index is -0.640. The first-order valence-corrected chi connectivity index (χ1v) is 8.65. The molecule has 2 amide bonds. The van der Waals surface area contributed by atoms with Crippen LogP contribution in [0, 0.1) is 0 Å². The Bertz CT molecular complexity index is 772. The number of carbonyl (C=O) groups is 2. The molecule has 1 fully saturated rings. The lowest BCUT2D eigenvalue weighted by atomic mass is 10.2. The standard InChI is InChI=1S/C18H17Cl2N3O2/c19-13-4-6-15(7-5-13)21-17(24)18(25)23-10-8-22(9-11-23)16-3-1-2-14(20)12-16/h1-7,12H,8-11H2,(H,21,24). The molecule has 5 nitrogen and oxygen atoms in total. The van der Waals surface area contributed by atoms with Gasteiger partial charge in [-0.25, -0.2) is 0 Å². The molecular formula is C18H17Cl2N3O2. The van der Waals surface area contributed by atoms with Gasteiger partial charge in [0.1, 0.15) is 0 Å². The number of benzene rings is 2. The van der Waals surface area contributed by atoms with E-state index < -0.39 is 11.8 Å². The highest BCUT2D eigenvalue weighted by Crippen LogP contribution is 2.21. The molecule has 1 aliphatic heterocycles. The first-order chi connectivity index (χ1) is 12.0. The molecule has 1 heterocycles. The van der Waals surface area contributed by atoms with Gasteiger partial charge in [0.05, 0.1) is 0 Å². The Balaban J connectivity index is 1.55. The van der Waals surface area contributed by atoms with Gasteiger partial charge in [-0.05, 0) is 42.5 Å². The van der Waals surface area contributed by atoms with E-state index in [0.717, 1.165) is 5.69 Å². The molecule has 0 radical (unpaired) electrons. The summed E-state index contributed by atoms with van der Waals surface area (Å²) < 4.78 is 0. The van der Waals surface area contributed by atoms with Gasteiger partial charge in [-0.15, -0.1) is 0 Å². The number of piperazine rings is 1. The topological polar surface area (TPSA) is 52.7 Å². The Hall–Kier alpha value is -2.24. The van der Waals surface area contributed by atoms with Crippen LogP contribution in [0.15, 0.2) is 48.5 Å². The van der Waals surface area contributed by atoms with E-state index in [2.05, 4.69) is 10.2 Å². The SMILES string of the molecule is O=C(Nc1ccc(Cl)cc1)C(=O)N1CCN(c2cccc(Cl)c2)CC1. The van der Waals surface area contributed by atoms with Crippen LogP contribution in [0.3, 0.4) is 0 Å². The van der Waals surface area contributed by atoms with Gasteiger partial charge in [-0.2, -0.15) is 0 Å². The van der Waals surface area contributed by atoms with Crippen molar-refractivity contribution in [2.24, 2.45) is 0 Å². The quantitative estimate of drug-likeness (QED) is 0.817. The zero-order chi connectivity index (χ0) is 17.8. The minimum Gasteiger partial charge on any atom is -0.368 e. The highest BCUT2D eigenvalue weighted by molar-refractivity contribution is 6.39. The van der Waals surface area contributed by atoms with Crippen LogP contribution in [0.4, 0.5) is 11.4 Å². The third kappa shape index (κ3) is 4.44. The van der Waals surface area contributed by atoms with Crippen molar-refractivity contribution >= 4 is 46.4 Å². The van der Waals surface area contributed by atoms with Crippen molar-refractivity contribution in [3.63, 3.8) is 0 Å². The van der Waals surface area contributed by atoms with Crippen molar-refractivity contribution in [3.8, 4) is 0 Å². The van der Waals surface area contributed by atoms with E-state index in [1.54, 1.807) is 29.2 Å². The summed E-state index contributed by atoms with van der Waals surface area (Å²) in [5, 5.41) is 3.85. The van der Waals surface area contributed by atoms with Gasteiger partial charge < -0.3 is 15.1 Å². The number of anilines is 2. The number of halogens is 2. The van der Waals surface area contributed by atoms with Gasteiger partial charge >= 0.3 is 11.8 Å². The summed E-state index contributed by atoms with van der Waals surface area (Å²) >= 11 is 11.8. The van der Waals surface area contributed by atoms with Gasteiger partial charge in [-0.1, -0.05) is 29.3 Å². The molecule has 0 saturated carbocycles. The lowest BCUT2D eigenvalue weighted by molar-refractivity contribution is -0.143. The molecule has 1 N–H and O–H groups in total. The molecule has 2 aromatic rings. The van der Waals surface area contributed by atoms with E-state index in [-0.39, 0.29) is 0 Å². The largest absolute Gasteiger partial charge is 0.368 e. The first-order valence-electron chi connectivity index (χ1n) is 7.89. The van der Waals surface area contributed by atoms with E-state index in [1.165, 1.54) is 0 Å². The number of carbonyl (C=O) groups excluding carboxylic acids is 2. The van der Waals surface area contributed by atoms with Gasteiger partial charge in [0, 0.05) is 47.6 Å². The van der Waals surface area contributed by atoms with Gasteiger partial charge in [0.25, 0.3) is 0 Å². The highest BCUT2D eigenvalue weighted by atomic mass is 35.5. The number of nitrogens with one attached hydrogen (secondary N) is 1. The Kier molecular flexibility index (Phi) is 5.46. The zero-order valence-electron chi connectivity index (χ0n) is 13.4. The predicted molar refractivity (Wildman–Crippen MR) is 100 cm³/mol. The highest BCUT2D eigenvalue weighted by Gasteiger charge is 2.26. The lowest BCUT2D eigenvalue weighted by Crippen LogP contribution is -2.51. The van der Waals surface area contributed by atoms with Crippen LogP contribution >= 0.6 is 23.2 Å². The van der Waals surface area contributed by atoms with Crippen molar-refractivity contribution in [2.45, 2.75) is 0 Å². The second kappa shape index (κ2) is 7.76. The maximum atomic E-state index is 12.3. The fraction of sp³-hybridized carbons (Fsp3) is 0.222. The molecule has 3 rings (SSSR count). The minimum absolute atomic E-state index is 0.486. The van der Waals surface area contributed by atoms with Crippen LogP contribution in [0.1, 0.15) is 0 Å². The zero-order valence-corrected chi connectivity index (χ0v) is 14.9. The molecule has 0 spiro atoms. The summed E-state index contributed by atoms with van der Waals surface area (Å²) in [5.41, 5.74) is 1.56. The molecule has 130 valence electrons. The number of nitrogens with zero attached hydrogens (tertiary/aromatic N) is 2. The average Bonchev–Trinajstić information content (AvgIpc) is 2.63. The number of amides is 2. The molecule has 0 bridgehead atoms. The summed E-state index contributed by atoms with van der Waals surface area (Å²) in [6, 6.07) is 14.2. The van der Waals surface area contributed by atoms with Crippen LogP contribution in [0.2, 0.25) is 10.0 Å². The maximum absolute atomic E-state index is 12.3. The third-order valence-electron chi connectivity index (χ3n) is 4.04. The molecule has 1 aliphatic rings. The molecule has 0 aliphatic carbocycles. The Morgan fingerprint density at radius 1 is 0.880 bits per heavy atom. The molecule has 0 atom stereocenters. The van der Waals surface area contributed by atoms with Crippen LogP contribution in [-0.2, 0) is 9.59 Å². The molecule has 2 aromatic carbocycles. The van der Waals surface area contributed by atoms with E-state index in [9.17, 15) is 9.59 Å². The summed E-state index contributed by atoms with van der Waals surface area (Å²) in [6.45, 7) is 2.28. The summed E-state index contributed by atoms with van der Waals surface area (Å²) in [4.78, 5) is 28.1. The summed E-state index contributed by atoms with van der Waals surface area (Å²) in [7, 11) is 0. The van der Waals surface area contributed by atoms with E-state index >= 15 is 0 Å². The van der Waals surface area contributed by atoms with Crippen molar-refractivity contribution in [1.29, 1.82) is 0 Å². The normalized spacial score (nSPS) is 14.3. The fourth-order valence-electron chi connectivity index (χ4n) is 2.70. The first kappa shape index (κ1) is 17.6. The summed E-state index contributed by atoms with van der Waals surface area (Å²) in [6.07, 6.45) is 0. The second-order valence-corrected chi connectivity index (χ2v) is 6.59. The average molecular weight is 378 g/mol. The van der Waals surface area contributed by atoms with E-state index in [1.807, 2.05) is 24.3 Å². The molecular weight excluding hydrogens is 361 g/mol. The van der Waals surface area contributed by atoms with Crippen LogP contribution in [0.25, 0.3) is 0 Å². The van der Waals surface area contributed by atoms with Gasteiger partial charge in [0.15, 0.2) is 0 Å². The Labute approximate surface area is 156 Å². The van der Waals surface area contributed by atoms with Crippen LogP contribution in [0.5, 0.6) is 0 Å². The predicted octanol–water partition coefficient (Wildman–Crippen LogP) is 3.28. The Morgan fingerprint density at radius 3 is 2.20 bits per heavy atom. The summed E-state index contributed by atoms with van der Waals surface area (Å²) in [5.74, 6) is -1.17. The van der Waals surface area contributed by atoms with Crippen LogP contribution in [-0.4, -0.2) is 42.9 Å². The fourth-order valence-corrected chi connectivity index (χ4v) is 3.01.